The lowest BCUT2D eigenvalue weighted by atomic mass is 10.2. The molecule has 4 heterocycles. The second-order valence-electron chi connectivity index (χ2n) is 7.75. The van der Waals surface area contributed by atoms with Crippen LogP contribution in [0.25, 0.3) is 11.3 Å². The molecular weight excluding hydrogens is 466 g/mol. The summed E-state index contributed by atoms with van der Waals surface area (Å²) < 4.78 is 32.5. The zero-order valence-electron chi connectivity index (χ0n) is 18.7. The Morgan fingerprint density at radius 3 is 2.11 bits per heavy atom. The fraction of sp³-hybridized carbons (Fsp3) is 0.174. The molecular formula is C23H23N9O2S. The second kappa shape index (κ2) is 9.60. The molecule has 178 valence electrons. The molecule has 0 saturated carbocycles. The molecule has 0 atom stereocenters. The first-order valence-electron chi connectivity index (χ1n) is 11.0. The van der Waals surface area contributed by atoms with Crippen LogP contribution < -0.4 is 10.5 Å². The first-order chi connectivity index (χ1) is 17.0. The average molecular weight is 490 g/mol. The van der Waals surface area contributed by atoms with Gasteiger partial charge in [-0.05, 0) is 36.4 Å². The molecule has 5 rings (SSSR count). The van der Waals surface area contributed by atoms with Gasteiger partial charge in [0, 0.05) is 43.9 Å². The minimum absolute atomic E-state index is 0.0697. The molecule has 0 bridgehead atoms. The number of rotatable bonds is 9. The standard InChI is InChI=1S/C23H23N9O2S/c24-23(25-13-11-21-29-27-19-9-3-5-15-31(19)21)17-7-1-2-8-18(17)35(33,34)26-14-12-22-30-28-20-10-4-6-16-32(20)22/h1-10,15-16,26H,11-14H2,(H2,24,25). The predicted octanol–water partition coefficient (Wildman–Crippen LogP) is 1.24. The third-order valence-corrected chi connectivity index (χ3v) is 7.00. The molecule has 4 aromatic heterocycles. The fourth-order valence-corrected chi connectivity index (χ4v) is 5.02. The van der Waals surface area contributed by atoms with Crippen molar-refractivity contribution in [3.8, 4) is 0 Å². The summed E-state index contributed by atoms with van der Waals surface area (Å²) in [7, 11) is -3.83. The van der Waals surface area contributed by atoms with Gasteiger partial charge in [0.1, 0.15) is 17.5 Å². The predicted molar refractivity (Wildman–Crippen MR) is 131 cm³/mol. The van der Waals surface area contributed by atoms with Crippen LogP contribution in [-0.4, -0.2) is 56.5 Å². The molecule has 0 fully saturated rings. The van der Waals surface area contributed by atoms with Crippen molar-refractivity contribution in [2.24, 2.45) is 10.7 Å². The van der Waals surface area contributed by atoms with Crippen LogP contribution in [0, 0.1) is 0 Å². The van der Waals surface area contributed by atoms with Crippen molar-refractivity contribution >= 4 is 27.2 Å². The van der Waals surface area contributed by atoms with Gasteiger partial charge in [-0.15, -0.1) is 20.4 Å². The molecule has 0 aliphatic rings. The molecule has 0 radical (unpaired) electrons. The number of hydrogen-bond acceptors (Lipinski definition) is 7. The Bertz CT molecular complexity index is 1620. The number of benzene rings is 1. The highest BCUT2D eigenvalue weighted by Gasteiger charge is 2.20. The van der Waals surface area contributed by atoms with Crippen molar-refractivity contribution in [2.45, 2.75) is 17.7 Å². The number of sulfonamides is 1. The highest BCUT2D eigenvalue weighted by Crippen LogP contribution is 2.15. The van der Waals surface area contributed by atoms with E-state index in [0.717, 1.165) is 11.5 Å². The number of nitrogens with one attached hydrogen (secondary N) is 1. The molecule has 11 nitrogen and oxygen atoms in total. The van der Waals surface area contributed by atoms with E-state index in [4.69, 9.17) is 5.73 Å². The molecule has 1 aromatic carbocycles. The third kappa shape index (κ3) is 4.74. The number of hydrogen-bond donors (Lipinski definition) is 2. The number of amidine groups is 1. The van der Waals surface area contributed by atoms with Gasteiger partial charge in [-0.1, -0.05) is 24.3 Å². The topological polar surface area (TPSA) is 145 Å². The Morgan fingerprint density at radius 2 is 1.43 bits per heavy atom. The zero-order valence-corrected chi connectivity index (χ0v) is 19.5. The highest BCUT2D eigenvalue weighted by atomic mass is 32.2. The quantitative estimate of drug-likeness (QED) is 0.234. The van der Waals surface area contributed by atoms with Gasteiger partial charge >= 0.3 is 0 Å². The lowest BCUT2D eigenvalue weighted by Gasteiger charge is -2.11. The smallest absolute Gasteiger partial charge is 0.241 e. The van der Waals surface area contributed by atoms with Gasteiger partial charge in [0.2, 0.25) is 10.0 Å². The van der Waals surface area contributed by atoms with E-state index in [2.05, 4.69) is 30.1 Å². The lowest BCUT2D eigenvalue weighted by molar-refractivity contribution is 0.580. The van der Waals surface area contributed by atoms with E-state index in [1.165, 1.54) is 6.07 Å². The van der Waals surface area contributed by atoms with Gasteiger partial charge in [0.25, 0.3) is 0 Å². The van der Waals surface area contributed by atoms with Crippen LogP contribution in [0.15, 0.2) is 82.9 Å². The van der Waals surface area contributed by atoms with E-state index in [-0.39, 0.29) is 17.3 Å². The fourth-order valence-electron chi connectivity index (χ4n) is 3.77. The summed E-state index contributed by atoms with van der Waals surface area (Å²) in [6.07, 6.45) is 4.61. The maximum absolute atomic E-state index is 13.1. The van der Waals surface area contributed by atoms with E-state index in [1.807, 2.05) is 57.6 Å². The number of aliphatic imine (C=N–C) groups is 1. The van der Waals surface area contributed by atoms with Crippen molar-refractivity contribution < 1.29 is 8.42 Å². The largest absolute Gasteiger partial charge is 0.383 e. The van der Waals surface area contributed by atoms with Crippen molar-refractivity contribution in [2.75, 3.05) is 13.1 Å². The minimum Gasteiger partial charge on any atom is -0.383 e. The van der Waals surface area contributed by atoms with E-state index in [0.29, 0.717) is 36.4 Å². The Labute approximate surface area is 201 Å². The average Bonchev–Trinajstić information content (AvgIpc) is 3.48. The Kier molecular flexibility index (Phi) is 6.21. The molecule has 0 amide bonds. The summed E-state index contributed by atoms with van der Waals surface area (Å²) >= 11 is 0. The van der Waals surface area contributed by atoms with Crippen molar-refractivity contribution in [3.05, 3.63) is 90.3 Å². The Hall–Kier alpha value is -4.16. The van der Waals surface area contributed by atoms with Gasteiger partial charge < -0.3 is 5.73 Å². The summed E-state index contributed by atoms with van der Waals surface area (Å²) in [5.74, 6) is 1.56. The normalized spacial score (nSPS) is 12.5. The molecule has 12 heteroatoms. The Balaban J connectivity index is 1.28. The highest BCUT2D eigenvalue weighted by molar-refractivity contribution is 7.89. The zero-order chi connectivity index (χ0) is 24.3. The van der Waals surface area contributed by atoms with Crippen LogP contribution >= 0.6 is 0 Å². The van der Waals surface area contributed by atoms with Crippen LogP contribution in [0.5, 0.6) is 0 Å². The van der Waals surface area contributed by atoms with Crippen molar-refractivity contribution in [3.63, 3.8) is 0 Å². The maximum Gasteiger partial charge on any atom is 0.241 e. The van der Waals surface area contributed by atoms with Gasteiger partial charge in [-0.25, -0.2) is 13.1 Å². The first-order valence-corrected chi connectivity index (χ1v) is 12.5. The third-order valence-electron chi connectivity index (χ3n) is 5.48. The van der Waals surface area contributed by atoms with Gasteiger partial charge in [0.15, 0.2) is 11.3 Å². The van der Waals surface area contributed by atoms with Crippen LogP contribution in [0.1, 0.15) is 17.2 Å². The molecule has 3 N–H and O–H groups in total. The molecule has 0 aliphatic heterocycles. The lowest BCUT2D eigenvalue weighted by Crippen LogP contribution is -2.29. The molecule has 0 aliphatic carbocycles. The molecule has 0 spiro atoms. The molecule has 35 heavy (non-hydrogen) atoms. The second-order valence-corrected chi connectivity index (χ2v) is 9.49. The Morgan fingerprint density at radius 1 is 0.829 bits per heavy atom. The number of nitrogens with two attached hydrogens (primary N) is 1. The van der Waals surface area contributed by atoms with E-state index in [1.54, 1.807) is 18.2 Å². The monoisotopic (exact) mass is 489 g/mol. The van der Waals surface area contributed by atoms with Crippen LogP contribution in [-0.2, 0) is 22.9 Å². The SMILES string of the molecule is NC(=NCCc1nnc2ccccn12)c1ccccc1S(=O)(=O)NCCc1nnc2ccccn12. The minimum atomic E-state index is -3.83. The van der Waals surface area contributed by atoms with E-state index < -0.39 is 10.0 Å². The van der Waals surface area contributed by atoms with Crippen LogP contribution in [0.2, 0.25) is 0 Å². The van der Waals surface area contributed by atoms with E-state index in [9.17, 15) is 8.42 Å². The van der Waals surface area contributed by atoms with Crippen molar-refractivity contribution in [1.29, 1.82) is 0 Å². The molecule has 0 unspecified atom stereocenters. The van der Waals surface area contributed by atoms with Crippen LogP contribution in [0.4, 0.5) is 0 Å². The summed E-state index contributed by atoms with van der Waals surface area (Å²) in [6, 6.07) is 17.8. The van der Waals surface area contributed by atoms with Gasteiger partial charge in [-0.2, -0.15) is 0 Å². The number of nitrogens with zero attached hydrogens (tertiary/aromatic N) is 7. The first kappa shape index (κ1) is 22.6. The van der Waals surface area contributed by atoms with Gasteiger partial charge in [-0.3, -0.25) is 13.8 Å². The summed E-state index contributed by atoms with van der Waals surface area (Å²) in [6.45, 7) is 0.493. The summed E-state index contributed by atoms with van der Waals surface area (Å²) in [5, 5.41) is 16.5. The van der Waals surface area contributed by atoms with E-state index >= 15 is 0 Å². The number of fused-ring (bicyclic) bond motifs is 2. The number of aromatic nitrogens is 6. The van der Waals surface area contributed by atoms with Crippen LogP contribution in [0.3, 0.4) is 0 Å². The molecule has 5 aromatic rings. The summed E-state index contributed by atoms with van der Waals surface area (Å²) in [5.41, 5.74) is 8.01. The molecule has 0 saturated heterocycles. The van der Waals surface area contributed by atoms with Gasteiger partial charge in [0.05, 0.1) is 4.90 Å². The maximum atomic E-state index is 13.1. The summed E-state index contributed by atoms with van der Waals surface area (Å²) in [4.78, 5) is 4.47. The number of pyridine rings is 2. The van der Waals surface area contributed by atoms with Crippen molar-refractivity contribution in [1.82, 2.24) is 33.9 Å².